The summed E-state index contributed by atoms with van der Waals surface area (Å²) >= 11 is 2.14. The minimum Gasteiger partial charge on any atom is -0.334 e. The Morgan fingerprint density at radius 2 is 2.00 bits per heavy atom. The predicted molar refractivity (Wildman–Crippen MR) is 80.7 cm³/mol. The van der Waals surface area contributed by atoms with Crippen LogP contribution in [0.3, 0.4) is 0 Å². The molecule has 3 heterocycles. The van der Waals surface area contributed by atoms with Crippen LogP contribution in [0.1, 0.15) is 0 Å². The first kappa shape index (κ1) is 13.0. The van der Waals surface area contributed by atoms with Crippen molar-refractivity contribution >= 4 is 39.1 Å². The molecule has 0 aliphatic heterocycles. The normalized spacial score (nSPS) is 11.1. The highest BCUT2D eigenvalue weighted by molar-refractivity contribution is 7.18. The summed E-state index contributed by atoms with van der Waals surface area (Å²) < 4.78 is 13.5. The van der Waals surface area contributed by atoms with Crippen molar-refractivity contribution in [1.29, 1.82) is 0 Å². The van der Waals surface area contributed by atoms with E-state index in [9.17, 15) is 10.1 Å². The van der Waals surface area contributed by atoms with Crippen LogP contribution in [-0.2, 0) is 0 Å². The van der Waals surface area contributed by atoms with Gasteiger partial charge in [-0.25, -0.2) is 0 Å². The number of nitrogens with zero attached hydrogens (tertiary/aromatic N) is 5. The van der Waals surface area contributed by atoms with Gasteiger partial charge in [0.2, 0.25) is 5.82 Å². The molecule has 0 bridgehead atoms. The molecule has 0 saturated carbocycles. The van der Waals surface area contributed by atoms with E-state index in [0.717, 1.165) is 39.7 Å². The van der Waals surface area contributed by atoms with Gasteiger partial charge in [-0.2, -0.15) is 13.7 Å². The van der Waals surface area contributed by atoms with Gasteiger partial charge < -0.3 is 4.52 Å². The number of benzene rings is 1. The van der Waals surface area contributed by atoms with E-state index in [-0.39, 0.29) is 5.00 Å². The van der Waals surface area contributed by atoms with Crippen LogP contribution >= 0.6 is 23.1 Å². The maximum atomic E-state index is 10.7. The summed E-state index contributed by atoms with van der Waals surface area (Å²) in [6, 6.07) is 8.48. The Kier molecular flexibility index (Phi) is 2.91. The fraction of sp³-hybridized carbons (Fsp3) is 0. The first-order valence-electron chi connectivity index (χ1n) is 6.02. The lowest BCUT2D eigenvalue weighted by Gasteiger charge is -1.92. The molecule has 0 unspecified atom stereocenters. The molecular weight excluding hydrogens is 326 g/mol. The summed E-state index contributed by atoms with van der Waals surface area (Å²) in [5.41, 5.74) is 2.29. The lowest BCUT2D eigenvalue weighted by atomic mass is 10.2. The molecule has 3 aromatic heterocycles. The number of nitro groups is 1. The summed E-state index contributed by atoms with van der Waals surface area (Å²) in [5.74, 6) is 0.658. The highest BCUT2D eigenvalue weighted by atomic mass is 32.1. The Morgan fingerprint density at radius 1 is 1.14 bits per heavy atom. The molecule has 22 heavy (non-hydrogen) atoms. The fourth-order valence-corrected chi connectivity index (χ4v) is 3.17. The number of aromatic nitrogens is 4. The molecule has 0 radical (unpaired) electrons. The molecule has 0 atom stereocenters. The van der Waals surface area contributed by atoms with E-state index in [1.165, 1.54) is 6.07 Å². The summed E-state index contributed by atoms with van der Waals surface area (Å²) in [6.07, 6.45) is 0. The zero-order chi connectivity index (χ0) is 15.1. The van der Waals surface area contributed by atoms with Crippen LogP contribution < -0.4 is 0 Å². The molecule has 0 aliphatic carbocycles. The van der Waals surface area contributed by atoms with Crippen molar-refractivity contribution in [3.63, 3.8) is 0 Å². The highest BCUT2D eigenvalue weighted by Crippen LogP contribution is 2.32. The summed E-state index contributed by atoms with van der Waals surface area (Å²) in [7, 11) is 0. The van der Waals surface area contributed by atoms with Crippen molar-refractivity contribution in [3.05, 3.63) is 40.4 Å². The third-order valence-corrected chi connectivity index (χ3v) is 4.51. The van der Waals surface area contributed by atoms with Crippen molar-refractivity contribution < 1.29 is 9.45 Å². The van der Waals surface area contributed by atoms with Crippen molar-refractivity contribution in [3.8, 4) is 22.2 Å². The van der Waals surface area contributed by atoms with Crippen LogP contribution in [0.2, 0.25) is 0 Å². The van der Waals surface area contributed by atoms with Gasteiger partial charge in [0.15, 0.2) is 0 Å². The largest absolute Gasteiger partial charge is 0.334 e. The van der Waals surface area contributed by atoms with Gasteiger partial charge in [0.1, 0.15) is 11.0 Å². The number of thiophene rings is 1. The Labute approximate surface area is 130 Å². The topological polar surface area (TPSA) is 108 Å². The van der Waals surface area contributed by atoms with E-state index in [0.29, 0.717) is 16.6 Å². The van der Waals surface area contributed by atoms with Gasteiger partial charge in [-0.15, -0.1) is 0 Å². The molecule has 108 valence electrons. The monoisotopic (exact) mass is 331 g/mol. The quantitative estimate of drug-likeness (QED) is 0.418. The molecule has 4 aromatic rings. The smallest absolute Gasteiger partial charge is 0.324 e. The minimum atomic E-state index is -0.446. The molecule has 10 heteroatoms. The van der Waals surface area contributed by atoms with Crippen LogP contribution in [0.5, 0.6) is 0 Å². The number of fused-ring (bicyclic) bond motifs is 1. The molecule has 0 amide bonds. The molecule has 4 rings (SSSR count). The molecule has 0 saturated heterocycles. The average Bonchev–Trinajstić information content (AvgIpc) is 3.25. The van der Waals surface area contributed by atoms with E-state index < -0.39 is 4.92 Å². The Morgan fingerprint density at radius 3 is 2.82 bits per heavy atom. The molecule has 0 spiro atoms. The lowest BCUT2D eigenvalue weighted by molar-refractivity contribution is -0.380. The van der Waals surface area contributed by atoms with Crippen LogP contribution in [0.15, 0.2) is 34.9 Å². The van der Waals surface area contributed by atoms with Crippen molar-refractivity contribution in [2.45, 2.75) is 0 Å². The van der Waals surface area contributed by atoms with Gasteiger partial charge in [0, 0.05) is 11.6 Å². The van der Waals surface area contributed by atoms with Crippen molar-refractivity contribution in [1.82, 2.24) is 18.9 Å². The first-order chi connectivity index (χ1) is 10.7. The minimum absolute atomic E-state index is 0.0383. The molecule has 0 aliphatic rings. The predicted octanol–water partition coefficient (Wildman–Crippen LogP) is 3.38. The molecular formula is C12H5N5O3S2. The molecule has 0 fully saturated rings. The van der Waals surface area contributed by atoms with Gasteiger partial charge in [-0.05, 0) is 24.3 Å². The van der Waals surface area contributed by atoms with Crippen molar-refractivity contribution in [2.75, 3.05) is 0 Å². The maximum absolute atomic E-state index is 10.7. The van der Waals surface area contributed by atoms with Crippen LogP contribution in [0.25, 0.3) is 33.2 Å². The highest BCUT2D eigenvalue weighted by Gasteiger charge is 2.16. The van der Waals surface area contributed by atoms with Gasteiger partial charge in [-0.3, -0.25) is 10.1 Å². The van der Waals surface area contributed by atoms with E-state index >= 15 is 0 Å². The zero-order valence-corrected chi connectivity index (χ0v) is 12.3. The number of hydrogen-bond donors (Lipinski definition) is 0. The standard InChI is InChI=1S/C12H5N5O3S2/c18-17(19)10-4-3-9(21-10)11-13-12(20-14-11)6-1-2-7-8(5-6)16-22-15-7/h1-5H. The molecule has 8 nitrogen and oxygen atoms in total. The van der Waals surface area contributed by atoms with Gasteiger partial charge in [0.25, 0.3) is 5.89 Å². The van der Waals surface area contributed by atoms with Crippen LogP contribution in [-0.4, -0.2) is 23.8 Å². The van der Waals surface area contributed by atoms with E-state index in [4.69, 9.17) is 4.52 Å². The first-order valence-corrected chi connectivity index (χ1v) is 7.56. The van der Waals surface area contributed by atoms with Gasteiger partial charge in [-0.1, -0.05) is 16.5 Å². The van der Waals surface area contributed by atoms with Crippen LogP contribution in [0.4, 0.5) is 5.00 Å². The Hall–Kier alpha value is -2.72. The van der Waals surface area contributed by atoms with Gasteiger partial charge in [0.05, 0.1) is 21.5 Å². The summed E-state index contributed by atoms with van der Waals surface area (Å²) in [4.78, 5) is 15.1. The number of rotatable bonds is 3. The second kappa shape index (κ2) is 4.93. The SMILES string of the molecule is O=[N+]([O-])c1ccc(-c2noc(-c3ccc4nsnc4c3)n2)s1. The van der Waals surface area contributed by atoms with Crippen molar-refractivity contribution in [2.24, 2.45) is 0 Å². The Balaban J connectivity index is 1.71. The fourth-order valence-electron chi connectivity index (χ4n) is 1.90. The van der Waals surface area contributed by atoms with E-state index in [1.807, 2.05) is 18.2 Å². The summed E-state index contributed by atoms with van der Waals surface area (Å²) in [5, 5.41) is 14.6. The second-order valence-corrected chi connectivity index (χ2v) is 5.88. The molecule has 1 aromatic carbocycles. The maximum Gasteiger partial charge on any atom is 0.324 e. The van der Waals surface area contributed by atoms with E-state index in [2.05, 4.69) is 18.9 Å². The third kappa shape index (κ3) is 2.14. The molecule has 0 N–H and O–H groups in total. The third-order valence-electron chi connectivity index (χ3n) is 2.92. The van der Waals surface area contributed by atoms with Gasteiger partial charge >= 0.3 is 5.00 Å². The number of hydrogen-bond acceptors (Lipinski definition) is 9. The zero-order valence-electron chi connectivity index (χ0n) is 10.7. The average molecular weight is 331 g/mol. The second-order valence-electron chi connectivity index (χ2n) is 4.29. The summed E-state index contributed by atoms with van der Waals surface area (Å²) in [6.45, 7) is 0. The van der Waals surface area contributed by atoms with Crippen LogP contribution in [0, 0.1) is 10.1 Å². The van der Waals surface area contributed by atoms with E-state index in [1.54, 1.807) is 6.07 Å². The lowest BCUT2D eigenvalue weighted by Crippen LogP contribution is -1.81. The Bertz CT molecular complexity index is 989.